The van der Waals surface area contributed by atoms with Gasteiger partial charge in [-0.15, -0.1) is 0 Å². The Balaban J connectivity index is 1.83. The topological polar surface area (TPSA) is 71.1 Å². The van der Waals surface area contributed by atoms with E-state index >= 15 is 0 Å². The number of carbonyl (C=O) groups excluding carboxylic acids is 2. The molecule has 2 aromatic rings. The zero-order chi connectivity index (χ0) is 14.4. The van der Waals surface area contributed by atoms with Crippen LogP contribution in [0.3, 0.4) is 0 Å². The molecule has 1 aromatic carbocycles. The molecule has 0 fully saturated rings. The van der Waals surface area contributed by atoms with Gasteiger partial charge in [-0.25, -0.2) is 0 Å². The summed E-state index contributed by atoms with van der Waals surface area (Å²) in [4.78, 5) is 27.1. The van der Waals surface area contributed by atoms with E-state index < -0.39 is 5.91 Å². The number of nitrogens with one attached hydrogen (secondary N) is 2. The van der Waals surface area contributed by atoms with Gasteiger partial charge in [0.2, 0.25) is 5.91 Å². The van der Waals surface area contributed by atoms with Crippen LogP contribution in [0.4, 0.5) is 0 Å². The van der Waals surface area contributed by atoms with Gasteiger partial charge in [0.15, 0.2) is 0 Å². The molecule has 6 heteroatoms. The van der Waals surface area contributed by atoms with E-state index in [0.717, 1.165) is 5.56 Å². The molecule has 2 amide bonds. The third-order valence-electron chi connectivity index (χ3n) is 2.52. The molecule has 1 aromatic heterocycles. The lowest BCUT2D eigenvalue weighted by Gasteiger charge is -2.07. The first-order valence-corrected chi connectivity index (χ1v) is 6.26. The van der Waals surface area contributed by atoms with Crippen molar-refractivity contribution in [1.29, 1.82) is 0 Å². The van der Waals surface area contributed by atoms with Gasteiger partial charge in [0.25, 0.3) is 5.91 Å². The van der Waals surface area contributed by atoms with Crippen LogP contribution in [0.1, 0.15) is 15.9 Å². The minimum Gasteiger partial charge on any atom is -0.273 e. The zero-order valence-corrected chi connectivity index (χ0v) is 11.2. The van der Waals surface area contributed by atoms with E-state index in [2.05, 4.69) is 15.8 Å². The number of nitrogens with zero attached hydrogens (tertiary/aromatic N) is 1. The Morgan fingerprint density at radius 2 is 1.85 bits per heavy atom. The largest absolute Gasteiger partial charge is 0.273 e. The minimum absolute atomic E-state index is 0.157. The highest BCUT2D eigenvalue weighted by molar-refractivity contribution is 6.30. The second-order valence-corrected chi connectivity index (χ2v) is 4.48. The van der Waals surface area contributed by atoms with Crippen molar-refractivity contribution in [3.05, 3.63) is 64.9 Å². The lowest BCUT2D eigenvalue weighted by molar-refractivity contribution is -0.121. The van der Waals surface area contributed by atoms with E-state index in [9.17, 15) is 9.59 Å². The van der Waals surface area contributed by atoms with Crippen molar-refractivity contribution in [3.8, 4) is 0 Å². The first kappa shape index (κ1) is 14.0. The number of hydrazine groups is 1. The highest BCUT2D eigenvalue weighted by atomic mass is 35.5. The minimum atomic E-state index is -0.414. The third kappa shape index (κ3) is 4.07. The normalized spacial score (nSPS) is 9.85. The molecule has 5 nitrogen and oxygen atoms in total. The predicted octanol–water partition coefficient (Wildman–Crippen LogP) is 1.74. The summed E-state index contributed by atoms with van der Waals surface area (Å²) < 4.78 is 0. The second kappa shape index (κ2) is 6.68. The fraction of sp³-hybridized carbons (Fsp3) is 0.0714. The van der Waals surface area contributed by atoms with E-state index in [1.54, 1.807) is 42.6 Å². The van der Waals surface area contributed by atoms with Crippen LogP contribution in [-0.4, -0.2) is 16.8 Å². The molecule has 0 bridgehead atoms. The number of hydrogen-bond donors (Lipinski definition) is 2. The van der Waals surface area contributed by atoms with Crippen molar-refractivity contribution >= 4 is 23.4 Å². The Bertz CT molecular complexity index is 600. The van der Waals surface area contributed by atoms with Gasteiger partial charge in [-0.3, -0.25) is 25.4 Å². The Kier molecular flexibility index (Phi) is 4.68. The Morgan fingerprint density at radius 3 is 2.50 bits per heavy atom. The number of amides is 2. The molecule has 0 saturated heterocycles. The highest BCUT2D eigenvalue weighted by Gasteiger charge is 2.07. The van der Waals surface area contributed by atoms with Crippen molar-refractivity contribution in [3.63, 3.8) is 0 Å². The molecule has 0 spiro atoms. The predicted molar refractivity (Wildman–Crippen MR) is 75.0 cm³/mol. The summed E-state index contributed by atoms with van der Waals surface area (Å²) in [6.07, 6.45) is 3.14. The van der Waals surface area contributed by atoms with Gasteiger partial charge in [0.1, 0.15) is 0 Å². The fourth-order valence-electron chi connectivity index (χ4n) is 1.53. The molecule has 0 radical (unpaired) electrons. The van der Waals surface area contributed by atoms with E-state index in [-0.39, 0.29) is 12.3 Å². The maximum absolute atomic E-state index is 11.7. The lowest BCUT2D eigenvalue weighted by Crippen LogP contribution is -2.42. The second-order valence-electron chi connectivity index (χ2n) is 4.05. The van der Waals surface area contributed by atoms with E-state index in [4.69, 9.17) is 11.6 Å². The van der Waals surface area contributed by atoms with Crippen LogP contribution in [0.15, 0.2) is 48.8 Å². The van der Waals surface area contributed by atoms with Crippen molar-refractivity contribution < 1.29 is 9.59 Å². The number of hydrogen-bond acceptors (Lipinski definition) is 3. The molecule has 2 rings (SSSR count). The fourth-order valence-corrected chi connectivity index (χ4v) is 1.65. The Morgan fingerprint density at radius 1 is 1.10 bits per heavy atom. The van der Waals surface area contributed by atoms with Gasteiger partial charge < -0.3 is 0 Å². The lowest BCUT2D eigenvalue weighted by atomic mass is 10.1. The number of aromatic nitrogens is 1. The molecule has 2 N–H and O–H groups in total. The maximum Gasteiger partial charge on any atom is 0.271 e. The smallest absolute Gasteiger partial charge is 0.271 e. The molecule has 0 saturated carbocycles. The molecule has 20 heavy (non-hydrogen) atoms. The van der Waals surface area contributed by atoms with Gasteiger partial charge >= 0.3 is 0 Å². The van der Waals surface area contributed by atoms with Crippen LogP contribution >= 0.6 is 11.6 Å². The zero-order valence-electron chi connectivity index (χ0n) is 10.5. The standard InChI is InChI=1S/C14H12ClN3O2/c15-12-5-3-10(4-6-12)8-13(19)17-18-14(20)11-2-1-7-16-9-11/h1-7,9H,8H2,(H,17,19)(H,18,20). The van der Waals surface area contributed by atoms with E-state index in [1.165, 1.54) is 6.20 Å². The molecule has 0 unspecified atom stereocenters. The average molecular weight is 290 g/mol. The summed E-state index contributed by atoms with van der Waals surface area (Å²) in [7, 11) is 0. The number of pyridine rings is 1. The number of rotatable bonds is 3. The maximum atomic E-state index is 11.7. The summed E-state index contributed by atoms with van der Waals surface area (Å²) in [5.41, 5.74) is 5.85. The van der Waals surface area contributed by atoms with Gasteiger partial charge in [0, 0.05) is 17.4 Å². The van der Waals surface area contributed by atoms with Gasteiger partial charge in [-0.1, -0.05) is 23.7 Å². The van der Waals surface area contributed by atoms with Crippen molar-refractivity contribution in [2.75, 3.05) is 0 Å². The molecular weight excluding hydrogens is 278 g/mol. The van der Waals surface area contributed by atoms with Crippen molar-refractivity contribution in [1.82, 2.24) is 15.8 Å². The molecule has 0 aliphatic rings. The molecule has 0 aliphatic carbocycles. The first-order chi connectivity index (χ1) is 9.65. The van der Waals surface area contributed by atoms with Gasteiger partial charge in [-0.05, 0) is 29.8 Å². The first-order valence-electron chi connectivity index (χ1n) is 5.89. The number of carbonyl (C=O) groups is 2. The Hall–Kier alpha value is -2.40. The van der Waals surface area contributed by atoms with Crippen LogP contribution in [0.25, 0.3) is 0 Å². The third-order valence-corrected chi connectivity index (χ3v) is 2.77. The van der Waals surface area contributed by atoms with Crippen LogP contribution in [-0.2, 0) is 11.2 Å². The summed E-state index contributed by atoms with van der Waals surface area (Å²) >= 11 is 5.76. The molecular formula is C14H12ClN3O2. The van der Waals surface area contributed by atoms with Crippen LogP contribution < -0.4 is 10.9 Å². The SMILES string of the molecule is O=C(Cc1ccc(Cl)cc1)NNC(=O)c1cccnc1. The molecule has 0 aliphatic heterocycles. The quantitative estimate of drug-likeness (QED) is 0.846. The van der Waals surface area contributed by atoms with Crippen LogP contribution in [0.5, 0.6) is 0 Å². The van der Waals surface area contributed by atoms with E-state index in [1.807, 2.05) is 0 Å². The Labute approximate surface area is 120 Å². The van der Waals surface area contributed by atoms with Crippen molar-refractivity contribution in [2.24, 2.45) is 0 Å². The van der Waals surface area contributed by atoms with Crippen molar-refractivity contribution in [2.45, 2.75) is 6.42 Å². The number of benzene rings is 1. The van der Waals surface area contributed by atoms with Gasteiger partial charge in [-0.2, -0.15) is 0 Å². The average Bonchev–Trinajstić information content (AvgIpc) is 2.48. The number of halogens is 1. The van der Waals surface area contributed by atoms with Crippen LogP contribution in [0.2, 0.25) is 5.02 Å². The summed E-state index contributed by atoms with van der Waals surface area (Å²) in [6.45, 7) is 0. The van der Waals surface area contributed by atoms with Crippen LogP contribution in [0, 0.1) is 0 Å². The summed E-state index contributed by atoms with van der Waals surface area (Å²) in [5.74, 6) is -0.730. The monoisotopic (exact) mass is 289 g/mol. The molecule has 102 valence electrons. The van der Waals surface area contributed by atoms with E-state index in [0.29, 0.717) is 10.6 Å². The summed E-state index contributed by atoms with van der Waals surface area (Å²) in [5, 5.41) is 0.610. The molecule has 0 atom stereocenters. The molecule has 1 heterocycles. The highest BCUT2D eigenvalue weighted by Crippen LogP contribution is 2.09. The summed E-state index contributed by atoms with van der Waals surface area (Å²) in [6, 6.07) is 10.2. The van der Waals surface area contributed by atoms with Gasteiger partial charge in [0.05, 0.1) is 12.0 Å².